The van der Waals surface area contributed by atoms with Gasteiger partial charge in [-0.1, -0.05) is 0 Å². The Kier molecular flexibility index (Phi) is 6.87. The van der Waals surface area contributed by atoms with Crippen molar-refractivity contribution < 1.29 is 19.0 Å². The lowest BCUT2D eigenvalue weighted by Crippen LogP contribution is -2.51. The van der Waals surface area contributed by atoms with E-state index in [1.165, 1.54) is 33.9 Å². The number of rotatable bonds is 6. The fourth-order valence-electron chi connectivity index (χ4n) is 5.79. The molecule has 2 fully saturated rings. The fraction of sp³-hybridized carbons (Fsp3) is 0.464. The predicted octanol–water partition coefficient (Wildman–Crippen LogP) is 2.45. The number of likely N-dealkylation sites (tertiary alicyclic amines) is 1. The normalized spacial score (nSPS) is 21.0. The number of piperidine rings is 1. The van der Waals surface area contributed by atoms with Gasteiger partial charge in [-0.2, -0.15) is 10.2 Å². The maximum absolute atomic E-state index is 13.3. The van der Waals surface area contributed by atoms with Crippen molar-refractivity contribution in [3.63, 3.8) is 0 Å². The number of amides is 1. The van der Waals surface area contributed by atoms with Crippen LogP contribution in [0.25, 0.3) is 16.7 Å². The van der Waals surface area contributed by atoms with Gasteiger partial charge in [0.2, 0.25) is 5.91 Å². The number of carbonyl (C=O) groups is 1. The minimum absolute atomic E-state index is 0.0354. The van der Waals surface area contributed by atoms with Gasteiger partial charge in [-0.05, 0) is 62.8 Å². The average molecular weight is 550 g/mol. The summed E-state index contributed by atoms with van der Waals surface area (Å²) in [6.45, 7) is 0.956. The third-order valence-electron chi connectivity index (χ3n) is 8.10. The van der Waals surface area contributed by atoms with Crippen molar-refractivity contribution in [3.8, 4) is 11.4 Å². The van der Waals surface area contributed by atoms with Crippen LogP contribution >= 0.6 is 0 Å². The number of hydrogen-bond acceptors (Lipinski definition) is 7. The predicted molar refractivity (Wildman–Crippen MR) is 143 cm³/mol. The number of ether oxygens (including phenoxy) is 1. The number of hydrogen-bond donors (Lipinski definition) is 1. The van der Waals surface area contributed by atoms with Gasteiger partial charge < -0.3 is 14.7 Å². The highest BCUT2D eigenvalue weighted by Crippen LogP contribution is 2.31. The molecule has 6 rings (SSSR count). The number of carbonyl (C=O) groups excluding carboxylic acids is 1. The zero-order chi connectivity index (χ0) is 27.9. The molecule has 4 heterocycles. The quantitative estimate of drug-likeness (QED) is 0.392. The van der Waals surface area contributed by atoms with E-state index in [1.54, 1.807) is 23.0 Å². The Morgan fingerprint density at radius 1 is 1.10 bits per heavy atom. The van der Waals surface area contributed by atoms with E-state index in [2.05, 4.69) is 15.2 Å². The second-order valence-corrected chi connectivity index (χ2v) is 10.9. The lowest BCUT2D eigenvalue weighted by atomic mass is 9.85. The van der Waals surface area contributed by atoms with Crippen LogP contribution in [-0.2, 0) is 18.4 Å². The Balaban J connectivity index is 1.05. The molecule has 12 heteroatoms. The summed E-state index contributed by atoms with van der Waals surface area (Å²) in [7, 11) is 1.85. The Morgan fingerprint density at radius 3 is 2.50 bits per heavy atom. The van der Waals surface area contributed by atoms with E-state index in [9.17, 15) is 19.1 Å². The van der Waals surface area contributed by atoms with Crippen molar-refractivity contribution in [1.29, 1.82) is 0 Å². The van der Waals surface area contributed by atoms with Gasteiger partial charge in [-0.25, -0.2) is 14.1 Å². The third-order valence-corrected chi connectivity index (χ3v) is 8.10. The molecule has 0 spiro atoms. The molecule has 1 saturated heterocycles. The number of aryl methyl sites for hydroxylation is 1. The summed E-state index contributed by atoms with van der Waals surface area (Å²) in [4.78, 5) is 32.7. The summed E-state index contributed by atoms with van der Waals surface area (Å²) in [5.41, 5.74) is -0.486. The van der Waals surface area contributed by atoms with Crippen molar-refractivity contribution in [2.75, 3.05) is 13.1 Å². The molecule has 0 radical (unpaired) electrons. The minimum atomic E-state index is -1.13. The maximum Gasteiger partial charge on any atom is 0.264 e. The number of benzene rings is 1. The van der Waals surface area contributed by atoms with Crippen molar-refractivity contribution in [2.24, 2.45) is 13.0 Å². The van der Waals surface area contributed by atoms with Crippen LogP contribution in [0.4, 0.5) is 4.39 Å². The largest absolute Gasteiger partial charge is 0.487 e. The molecule has 40 heavy (non-hydrogen) atoms. The lowest BCUT2D eigenvalue weighted by Gasteiger charge is -2.40. The molecule has 11 nitrogen and oxygen atoms in total. The molecule has 1 aromatic carbocycles. The fourth-order valence-corrected chi connectivity index (χ4v) is 5.79. The molecular weight excluding hydrogens is 517 g/mol. The van der Waals surface area contributed by atoms with E-state index in [1.807, 2.05) is 18.1 Å². The summed E-state index contributed by atoms with van der Waals surface area (Å²) in [5, 5.41) is 20.0. The van der Waals surface area contributed by atoms with E-state index in [0.717, 1.165) is 31.4 Å². The molecule has 0 bridgehead atoms. The van der Waals surface area contributed by atoms with Crippen LogP contribution in [0, 0.1) is 11.7 Å². The zero-order valence-electron chi connectivity index (χ0n) is 22.3. The Labute approximate surface area is 229 Å². The summed E-state index contributed by atoms with van der Waals surface area (Å²) in [5.74, 6) is 0.486. The first-order chi connectivity index (χ1) is 19.3. The maximum atomic E-state index is 13.3. The van der Waals surface area contributed by atoms with Gasteiger partial charge in [0.15, 0.2) is 11.4 Å². The van der Waals surface area contributed by atoms with Crippen LogP contribution in [0.3, 0.4) is 0 Å². The zero-order valence-corrected chi connectivity index (χ0v) is 22.3. The smallest absolute Gasteiger partial charge is 0.264 e. The van der Waals surface area contributed by atoms with Gasteiger partial charge in [0, 0.05) is 26.1 Å². The first-order valence-electron chi connectivity index (χ1n) is 13.6. The van der Waals surface area contributed by atoms with E-state index in [4.69, 9.17) is 4.74 Å². The Bertz CT molecular complexity index is 1560. The molecule has 1 amide bonds. The Morgan fingerprint density at radius 2 is 1.82 bits per heavy atom. The first-order valence-corrected chi connectivity index (χ1v) is 13.6. The van der Waals surface area contributed by atoms with Crippen LogP contribution < -0.4 is 10.3 Å². The second-order valence-electron chi connectivity index (χ2n) is 10.9. The number of nitrogens with zero attached hydrogens (tertiary/aromatic N) is 7. The molecule has 1 aliphatic heterocycles. The molecule has 1 N–H and O–H groups in total. The monoisotopic (exact) mass is 549 g/mol. The summed E-state index contributed by atoms with van der Waals surface area (Å²) >= 11 is 0. The van der Waals surface area contributed by atoms with Crippen LogP contribution in [0.5, 0.6) is 5.75 Å². The van der Waals surface area contributed by atoms with Crippen LogP contribution in [0.1, 0.15) is 38.5 Å². The Hall–Kier alpha value is -4.06. The molecule has 1 aliphatic carbocycles. The van der Waals surface area contributed by atoms with Gasteiger partial charge in [0.05, 0.1) is 42.5 Å². The summed E-state index contributed by atoms with van der Waals surface area (Å²) < 4.78 is 23.9. The van der Waals surface area contributed by atoms with Gasteiger partial charge in [0.25, 0.3) is 5.56 Å². The second kappa shape index (κ2) is 10.5. The molecule has 2 aliphatic rings. The van der Waals surface area contributed by atoms with Gasteiger partial charge in [0.1, 0.15) is 17.5 Å². The number of halogens is 1. The van der Waals surface area contributed by atoms with E-state index >= 15 is 0 Å². The number of fused-ring (bicyclic) bond motifs is 1. The first kappa shape index (κ1) is 26.2. The van der Waals surface area contributed by atoms with E-state index in [0.29, 0.717) is 42.7 Å². The van der Waals surface area contributed by atoms with E-state index < -0.39 is 5.60 Å². The van der Waals surface area contributed by atoms with Crippen LogP contribution in [0.2, 0.25) is 0 Å². The average Bonchev–Trinajstić information content (AvgIpc) is 3.57. The number of aliphatic hydroxyl groups is 1. The van der Waals surface area contributed by atoms with Crippen molar-refractivity contribution >= 4 is 16.9 Å². The molecule has 3 aromatic heterocycles. The van der Waals surface area contributed by atoms with Crippen LogP contribution in [-0.4, -0.2) is 69.8 Å². The molecule has 4 aromatic rings. The third kappa shape index (κ3) is 5.23. The summed E-state index contributed by atoms with van der Waals surface area (Å²) in [6, 6.07) is 5.77. The SMILES string of the molecule is Cn1cc(O[C@H]2CC[C@H](C(=O)N3CCC(O)(Cn4cnc5c(cnn5-c5ccc(F)cc5)c4=O)CC3)CC2)cn1. The van der Waals surface area contributed by atoms with Crippen molar-refractivity contribution in [1.82, 2.24) is 34.0 Å². The van der Waals surface area contributed by atoms with Gasteiger partial charge >= 0.3 is 0 Å². The molecule has 210 valence electrons. The molecular formula is C28H32FN7O4. The van der Waals surface area contributed by atoms with Crippen molar-refractivity contribution in [3.05, 3.63) is 65.4 Å². The highest BCUT2D eigenvalue weighted by molar-refractivity contribution is 5.79. The van der Waals surface area contributed by atoms with Gasteiger partial charge in [-0.3, -0.25) is 18.8 Å². The summed E-state index contributed by atoms with van der Waals surface area (Å²) in [6.07, 6.45) is 10.4. The standard InChI is InChI=1S/C28H32FN7O4/c1-33-16-23(14-31-33)40-22-8-2-19(3-9-22)26(37)34-12-10-28(39,11-13-34)17-35-18-30-25-24(27(35)38)15-32-36(25)21-6-4-20(29)5-7-21/h4-7,14-16,18-19,22,39H,2-3,8-13,17H2,1H3/t19-,22-. The molecule has 0 unspecified atom stereocenters. The highest BCUT2D eigenvalue weighted by atomic mass is 19.1. The number of aromatic nitrogens is 6. The lowest BCUT2D eigenvalue weighted by molar-refractivity contribution is -0.141. The molecule has 0 atom stereocenters. The minimum Gasteiger partial charge on any atom is -0.487 e. The molecule has 1 saturated carbocycles. The van der Waals surface area contributed by atoms with Crippen molar-refractivity contribution in [2.45, 2.75) is 56.8 Å². The van der Waals surface area contributed by atoms with E-state index in [-0.39, 0.29) is 35.9 Å². The van der Waals surface area contributed by atoms with Crippen LogP contribution in [0.15, 0.2) is 54.0 Å². The highest BCUT2D eigenvalue weighted by Gasteiger charge is 2.37. The topological polar surface area (TPSA) is 120 Å². The van der Waals surface area contributed by atoms with Gasteiger partial charge in [-0.15, -0.1) is 0 Å².